The van der Waals surface area contributed by atoms with Gasteiger partial charge in [0, 0.05) is 17.0 Å². The molecule has 2 aromatic carbocycles. The topological polar surface area (TPSA) is 57.8 Å². The fraction of sp³-hybridized carbons (Fsp3) is 0.243. The van der Waals surface area contributed by atoms with Gasteiger partial charge in [-0.1, -0.05) is 69.3 Å². The molecule has 0 saturated heterocycles. The van der Waals surface area contributed by atoms with Crippen molar-refractivity contribution in [2.45, 2.75) is 53.9 Å². The van der Waals surface area contributed by atoms with E-state index in [-0.39, 0.29) is 22.4 Å². The molecule has 0 atom stereocenters. The predicted octanol–water partition coefficient (Wildman–Crippen LogP) is 9.62. The van der Waals surface area contributed by atoms with Crippen LogP contribution in [-0.2, 0) is 14.9 Å². The van der Waals surface area contributed by atoms with Crippen LogP contribution in [0.4, 0.5) is 0 Å². The Kier molecular flexibility index (Phi) is 7.21. The summed E-state index contributed by atoms with van der Waals surface area (Å²) < 4.78 is 12.6. The highest BCUT2D eigenvalue weighted by Crippen LogP contribution is 2.41. The molecule has 0 fully saturated rings. The Morgan fingerprint density at radius 3 is 2.00 bits per heavy atom. The first kappa shape index (κ1) is 28.1. The molecule has 1 aliphatic heterocycles. The first-order valence-electron chi connectivity index (χ1n) is 14.0. The summed E-state index contributed by atoms with van der Waals surface area (Å²) in [7, 11) is 0. The van der Waals surface area contributed by atoms with Crippen LogP contribution in [0.5, 0.6) is 0 Å². The van der Waals surface area contributed by atoms with Crippen LogP contribution in [0.25, 0.3) is 22.7 Å². The molecule has 3 aromatic rings. The minimum atomic E-state index is -0.246. The summed E-state index contributed by atoms with van der Waals surface area (Å²) in [4.78, 5) is 13.5. The minimum Gasteiger partial charge on any atom is -0.506 e. The van der Waals surface area contributed by atoms with Gasteiger partial charge in [-0.2, -0.15) is 0 Å². The number of benzene rings is 2. The molecule has 5 rings (SSSR count). The van der Waals surface area contributed by atoms with Gasteiger partial charge in [-0.15, -0.1) is 0 Å². The molecule has 4 heteroatoms. The number of carbonyl (C=O) groups is 1. The van der Waals surface area contributed by atoms with Gasteiger partial charge in [0.25, 0.3) is 0 Å². The second-order valence-corrected chi connectivity index (χ2v) is 12.7. The number of ether oxygens (including phenoxy) is 1. The monoisotopic (exact) mass is 545 g/mol. The summed E-state index contributed by atoms with van der Waals surface area (Å²) in [5.41, 5.74) is 4.39. The number of hydrogen-bond donors (Lipinski definition) is 1. The Balaban J connectivity index is 1.58. The van der Waals surface area contributed by atoms with E-state index in [4.69, 9.17) is 9.15 Å². The number of Topliss-reactive ketones (excluding diaryl/α,β-unsaturated/α-hetero) is 1. The average Bonchev–Trinajstić information content (AvgIpc) is 2.95. The van der Waals surface area contributed by atoms with Crippen molar-refractivity contribution >= 4 is 17.1 Å². The predicted molar refractivity (Wildman–Crippen MR) is 166 cm³/mol. The Hall–Kier alpha value is -4.44. The van der Waals surface area contributed by atoms with Crippen LogP contribution < -0.4 is 0 Å². The van der Waals surface area contributed by atoms with Crippen LogP contribution in [0.1, 0.15) is 65.4 Å². The van der Waals surface area contributed by atoms with Crippen molar-refractivity contribution in [3.8, 4) is 11.3 Å². The third kappa shape index (κ3) is 5.74. The number of carbonyl (C=O) groups excluding carboxylic acids is 1. The van der Waals surface area contributed by atoms with Crippen LogP contribution in [0.2, 0.25) is 0 Å². The van der Waals surface area contributed by atoms with Crippen LogP contribution >= 0.6 is 0 Å². The molecule has 1 aromatic heterocycles. The number of rotatable bonds is 4. The standard InChI is InChI=1S/C37H36O4/c1-23(27-21-30(26-16-12-9-13-17-26)41-32(22-27)37(5,6)7)33-34(38)28(35(33)39)18-24-19-29(25-14-10-8-11-15-25)40-31(20-24)36(2,3)4/h8-22H,1-7H3/p+1. The smallest absolute Gasteiger partial charge is 0.360 e. The van der Waals surface area contributed by atoms with Crippen molar-refractivity contribution < 1.29 is 19.1 Å². The number of ketones is 1. The molecule has 2 aliphatic rings. The average molecular weight is 546 g/mol. The summed E-state index contributed by atoms with van der Waals surface area (Å²) in [5, 5.41) is 11.2. The molecule has 208 valence electrons. The van der Waals surface area contributed by atoms with Crippen molar-refractivity contribution in [2.24, 2.45) is 5.41 Å². The molecule has 0 spiro atoms. The Morgan fingerprint density at radius 1 is 0.829 bits per heavy atom. The molecule has 0 amide bonds. The second kappa shape index (κ2) is 10.5. The highest BCUT2D eigenvalue weighted by Gasteiger charge is 2.36. The van der Waals surface area contributed by atoms with Gasteiger partial charge < -0.3 is 9.84 Å². The second-order valence-electron chi connectivity index (χ2n) is 12.7. The maximum Gasteiger partial charge on any atom is 0.360 e. The number of allylic oxidation sites excluding steroid dienone is 8. The number of aliphatic hydroxyl groups excluding tert-OH is 1. The lowest BCUT2D eigenvalue weighted by Gasteiger charge is -2.28. The molecule has 1 N–H and O–H groups in total. The quantitative estimate of drug-likeness (QED) is 0.262. The molecule has 0 unspecified atom stereocenters. The van der Waals surface area contributed by atoms with E-state index in [2.05, 4.69) is 41.5 Å². The van der Waals surface area contributed by atoms with Gasteiger partial charge in [0.2, 0.25) is 5.78 Å². The van der Waals surface area contributed by atoms with Crippen molar-refractivity contribution in [1.29, 1.82) is 0 Å². The van der Waals surface area contributed by atoms with E-state index in [0.717, 1.165) is 33.8 Å². The summed E-state index contributed by atoms with van der Waals surface area (Å²) >= 11 is 0. The van der Waals surface area contributed by atoms with Crippen LogP contribution in [-0.4, -0.2) is 10.9 Å². The fourth-order valence-corrected chi connectivity index (χ4v) is 4.77. The van der Waals surface area contributed by atoms with Gasteiger partial charge in [0.1, 0.15) is 17.3 Å². The molecule has 41 heavy (non-hydrogen) atoms. The molecular formula is C37H37O4+. The van der Waals surface area contributed by atoms with E-state index in [9.17, 15) is 9.90 Å². The number of hydrogen-bond acceptors (Lipinski definition) is 3. The van der Waals surface area contributed by atoms with Gasteiger partial charge in [0.05, 0.1) is 28.2 Å². The Bertz CT molecular complexity index is 1670. The van der Waals surface area contributed by atoms with E-state index in [1.165, 1.54) is 0 Å². The molecule has 1 aliphatic carbocycles. The van der Waals surface area contributed by atoms with Crippen LogP contribution in [0.15, 0.2) is 124 Å². The first-order chi connectivity index (χ1) is 19.3. The van der Waals surface area contributed by atoms with Gasteiger partial charge in [-0.3, -0.25) is 4.79 Å². The summed E-state index contributed by atoms with van der Waals surface area (Å²) in [6.45, 7) is 14.4. The molecule has 0 saturated carbocycles. The zero-order chi connectivity index (χ0) is 29.5. The van der Waals surface area contributed by atoms with Crippen LogP contribution in [0.3, 0.4) is 0 Å². The normalized spacial score (nSPS) is 18.0. The van der Waals surface area contributed by atoms with Crippen molar-refractivity contribution in [1.82, 2.24) is 0 Å². The highest BCUT2D eigenvalue weighted by atomic mass is 16.5. The van der Waals surface area contributed by atoms with Crippen molar-refractivity contribution in [2.75, 3.05) is 0 Å². The van der Waals surface area contributed by atoms with E-state index < -0.39 is 0 Å². The Labute approximate surface area is 242 Å². The largest absolute Gasteiger partial charge is 0.506 e. The Morgan fingerprint density at radius 2 is 1.44 bits per heavy atom. The first-order valence-corrected chi connectivity index (χ1v) is 14.0. The zero-order valence-corrected chi connectivity index (χ0v) is 24.8. The molecule has 2 heterocycles. The highest BCUT2D eigenvalue weighted by molar-refractivity contribution is 6.24. The lowest BCUT2D eigenvalue weighted by Crippen LogP contribution is -2.23. The summed E-state index contributed by atoms with van der Waals surface area (Å²) in [5.74, 6) is 2.84. The third-order valence-electron chi connectivity index (χ3n) is 7.29. The molecule has 0 bridgehead atoms. The molecule has 4 nitrogen and oxygen atoms in total. The van der Waals surface area contributed by atoms with E-state index >= 15 is 0 Å². The van der Waals surface area contributed by atoms with Gasteiger partial charge in [-0.25, -0.2) is 4.42 Å². The fourth-order valence-electron chi connectivity index (χ4n) is 4.77. The lowest BCUT2D eigenvalue weighted by molar-refractivity contribution is -0.113. The zero-order valence-electron chi connectivity index (χ0n) is 24.8. The van der Waals surface area contributed by atoms with Crippen molar-refractivity contribution in [3.63, 3.8) is 0 Å². The SMILES string of the molecule is CC(=C1C(=O)C(C=C2C=C(c3ccccc3)OC(C(C)(C)C)=C2)=C1O)c1cc(-c2ccccc2)[o+]c(C(C)(C)C)c1. The van der Waals surface area contributed by atoms with E-state index in [0.29, 0.717) is 28.2 Å². The van der Waals surface area contributed by atoms with Crippen LogP contribution in [0, 0.1) is 5.41 Å². The van der Waals surface area contributed by atoms with E-state index in [1.54, 1.807) is 6.08 Å². The summed E-state index contributed by atoms with van der Waals surface area (Å²) in [6, 6.07) is 23.7. The minimum absolute atomic E-state index is 0.00576. The third-order valence-corrected chi connectivity index (χ3v) is 7.29. The van der Waals surface area contributed by atoms with Gasteiger partial charge in [0.15, 0.2) is 0 Å². The van der Waals surface area contributed by atoms with Gasteiger partial charge in [-0.05, 0) is 74.8 Å². The van der Waals surface area contributed by atoms with Crippen molar-refractivity contribution in [3.05, 3.63) is 136 Å². The van der Waals surface area contributed by atoms with E-state index in [1.807, 2.05) is 91.9 Å². The summed E-state index contributed by atoms with van der Waals surface area (Å²) in [6.07, 6.45) is 5.60. The number of aliphatic hydroxyl groups is 1. The molecule has 0 radical (unpaired) electrons. The lowest BCUT2D eigenvalue weighted by atomic mass is 9.81. The van der Waals surface area contributed by atoms with Gasteiger partial charge >= 0.3 is 11.5 Å². The maximum absolute atomic E-state index is 13.5. The maximum atomic E-state index is 13.5. The molecular weight excluding hydrogens is 508 g/mol.